The third-order valence-corrected chi connectivity index (χ3v) is 3.24. The summed E-state index contributed by atoms with van der Waals surface area (Å²) < 4.78 is 1.47. The van der Waals surface area contributed by atoms with E-state index in [0.717, 1.165) is 12.8 Å². The molecule has 3 rings (SSSR count). The van der Waals surface area contributed by atoms with Crippen LogP contribution in [0.5, 0.6) is 0 Å². The lowest BCUT2D eigenvalue weighted by molar-refractivity contribution is -0.117. The predicted octanol–water partition coefficient (Wildman–Crippen LogP) is 0.620. The Hall–Kier alpha value is -1.98. The van der Waals surface area contributed by atoms with Crippen molar-refractivity contribution >= 4 is 23.4 Å². The summed E-state index contributed by atoms with van der Waals surface area (Å²) in [5.41, 5.74) is 0.372. The molecule has 1 saturated carbocycles. The summed E-state index contributed by atoms with van der Waals surface area (Å²) in [4.78, 5) is 22.7. The highest BCUT2D eigenvalue weighted by Gasteiger charge is 2.53. The lowest BCUT2D eigenvalue weighted by Gasteiger charge is -2.24. The van der Waals surface area contributed by atoms with E-state index < -0.39 is 11.5 Å². The summed E-state index contributed by atoms with van der Waals surface area (Å²) in [5.74, 6) is -0.546. The second-order valence-electron chi connectivity index (χ2n) is 4.32. The van der Waals surface area contributed by atoms with E-state index in [1.807, 2.05) is 0 Å². The standard InChI is InChI=1S/C10H11N3O3/c1-13-6(8(14)15)4-5-7(13)11-9(16)10(12-5)2-3-10/h4,12H,2-3H2,1H3,(H,11,16)(H,14,15). The minimum absolute atomic E-state index is 0.0712. The second kappa shape index (κ2) is 2.58. The van der Waals surface area contributed by atoms with Gasteiger partial charge in [0.2, 0.25) is 0 Å². The maximum Gasteiger partial charge on any atom is 0.352 e. The smallest absolute Gasteiger partial charge is 0.352 e. The van der Waals surface area contributed by atoms with Crippen molar-refractivity contribution in [1.29, 1.82) is 0 Å². The van der Waals surface area contributed by atoms with Gasteiger partial charge < -0.3 is 20.3 Å². The molecule has 1 aromatic rings. The van der Waals surface area contributed by atoms with Crippen molar-refractivity contribution < 1.29 is 14.7 Å². The monoisotopic (exact) mass is 221 g/mol. The first-order valence-electron chi connectivity index (χ1n) is 5.06. The van der Waals surface area contributed by atoms with Gasteiger partial charge in [-0.15, -0.1) is 0 Å². The molecule has 16 heavy (non-hydrogen) atoms. The van der Waals surface area contributed by atoms with E-state index in [1.54, 1.807) is 13.1 Å². The Balaban J connectivity index is 2.09. The number of nitrogens with zero attached hydrogens (tertiary/aromatic N) is 1. The summed E-state index contributed by atoms with van der Waals surface area (Å²) in [6.45, 7) is 0. The molecule has 0 atom stereocenters. The number of hydrogen-bond donors (Lipinski definition) is 3. The van der Waals surface area contributed by atoms with Crippen LogP contribution in [-0.4, -0.2) is 27.1 Å². The first kappa shape index (κ1) is 9.26. The molecule has 0 radical (unpaired) electrons. The summed E-state index contributed by atoms with van der Waals surface area (Å²) in [6.07, 6.45) is 1.60. The van der Waals surface area contributed by atoms with Crippen molar-refractivity contribution in [2.24, 2.45) is 7.05 Å². The molecule has 6 heteroatoms. The van der Waals surface area contributed by atoms with Crippen LogP contribution in [-0.2, 0) is 11.8 Å². The molecule has 3 N–H and O–H groups in total. The van der Waals surface area contributed by atoms with Crippen LogP contribution in [0.4, 0.5) is 11.5 Å². The fourth-order valence-corrected chi connectivity index (χ4v) is 2.07. The first-order valence-corrected chi connectivity index (χ1v) is 5.06. The van der Waals surface area contributed by atoms with Gasteiger partial charge in [-0.25, -0.2) is 4.79 Å². The van der Waals surface area contributed by atoms with Crippen molar-refractivity contribution in [3.63, 3.8) is 0 Å². The maximum absolute atomic E-state index is 11.7. The number of carbonyl (C=O) groups is 2. The molecule has 0 bridgehead atoms. The van der Waals surface area contributed by atoms with Crippen LogP contribution in [0.2, 0.25) is 0 Å². The largest absolute Gasteiger partial charge is 0.477 e. The van der Waals surface area contributed by atoms with E-state index in [0.29, 0.717) is 11.5 Å². The SMILES string of the molecule is Cn1c(C(=O)O)cc2c1NC(=O)C1(CC1)N2. The number of anilines is 2. The zero-order valence-electron chi connectivity index (χ0n) is 8.70. The highest BCUT2D eigenvalue weighted by atomic mass is 16.4. The predicted molar refractivity (Wildman–Crippen MR) is 56.6 cm³/mol. The van der Waals surface area contributed by atoms with E-state index in [1.165, 1.54) is 4.57 Å². The lowest BCUT2D eigenvalue weighted by Crippen LogP contribution is -2.41. The molecule has 1 spiro atoms. The van der Waals surface area contributed by atoms with Gasteiger partial charge in [-0.1, -0.05) is 0 Å². The van der Waals surface area contributed by atoms with Crippen LogP contribution in [0.25, 0.3) is 0 Å². The first-order chi connectivity index (χ1) is 7.53. The molecule has 0 unspecified atom stereocenters. The molecule has 0 aromatic carbocycles. The van der Waals surface area contributed by atoms with Crippen molar-refractivity contribution in [3.05, 3.63) is 11.8 Å². The Morgan fingerprint density at radius 3 is 2.81 bits per heavy atom. The van der Waals surface area contributed by atoms with Crippen LogP contribution in [0, 0.1) is 0 Å². The summed E-state index contributed by atoms with van der Waals surface area (Å²) in [7, 11) is 1.62. The number of carbonyl (C=O) groups excluding carboxylic acids is 1. The zero-order valence-corrected chi connectivity index (χ0v) is 8.70. The molecule has 2 aliphatic rings. The number of aromatic carboxylic acids is 1. The van der Waals surface area contributed by atoms with Crippen LogP contribution in [0.15, 0.2) is 6.07 Å². The lowest BCUT2D eigenvalue weighted by atomic mass is 10.2. The van der Waals surface area contributed by atoms with Gasteiger partial charge in [0.25, 0.3) is 5.91 Å². The molecule has 6 nitrogen and oxygen atoms in total. The van der Waals surface area contributed by atoms with Gasteiger partial charge in [0.05, 0.1) is 5.69 Å². The third kappa shape index (κ3) is 1.01. The van der Waals surface area contributed by atoms with Crippen molar-refractivity contribution in [3.8, 4) is 0 Å². The average Bonchev–Trinajstić information content (AvgIpc) is 2.92. The van der Waals surface area contributed by atoms with Crippen LogP contribution in [0.1, 0.15) is 23.3 Å². The van der Waals surface area contributed by atoms with Crippen LogP contribution >= 0.6 is 0 Å². The fraction of sp³-hybridized carbons (Fsp3) is 0.400. The fourth-order valence-electron chi connectivity index (χ4n) is 2.07. The molecule has 1 amide bonds. The van der Waals surface area contributed by atoms with Crippen molar-refractivity contribution in [2.45, 2.75) is 18.4 Å². The summed E-state index contributed by atoms with van der Waals surface area (Å²) in [6, 6.07) is 1.55. The van der Waals surface area contributed by atoms with E-state index in [4.69, 9.17) is 5.11 Å². The van der Waals surface area contributed by atoms with E-state index in [9.17, 15) is 9.59 Å². The number of rotatable bonds is 1. The van der Waals surface area contributed by atoms with Crippen molar-refractivity contribution in [2.75, 3.05) is 10.6 Å². The number of fused-ring (bicyclic) bond motifs is 1. The van der Waals surface area contributed by atoms with Crippen molar-refractivity contribution in [1.82, 2.24) is 4.57 Å². The molecular weight excluding hydrogens is 210 g/mol. The average molecular weight is 221 g/mol. The quantitative estimate of drug-likeness (QED) is 0.649. The van der Waals surface area contributed by atoms with Gasteiger partial charge in [-0.05, 0) is 18.9 Å². The minimum atomic E-state index is -1.00. The van der Waals surface area contributed by atoms with Gasteiger partial charge in [-0.3, -0.25) is 4.79 Å². The highest BCUT2D eigenvalue weighted by Crippen LogP contribution is 2.45. The Labute approximate surface area is 91.2 Å². The van der Waals surface area contributed by atoms with Gasteiger partial charge >= 0.3 is 5.97 Å². The summed E-state index contributed by atoms with van der Waals surface area (Å²) in [5, 5.41) is 14.8. The van der Waals surface area contributed by atoms with E-state index in [-0.39, 0.29) is 11.6 Å². The zero-order chi connectivity index (χ0) is 11.5. The molecule has 2 heterocycles. The Kier molecular flexibility index (Phi) is 1.49. The number of carboxylic acids is 1. The normalized spacial score (nSPS) is 19.9. The highest BCUT2D eigenvalue weighted by molar-refractivity contribution is 6.08. The Morgan fingerprint density at radius 1 is 1.56 bits per heavy atom. The van der Waals surface area contributed by atoms with Gasteiger partial charge in [0.15, 0.2) is 0 Å². The maximum atomic E-state index is 11.7. The Bertz CT molecular complexity index is 514. The van der Waals surface area contributed by atoms with Gasteiger partial charge in [0.1, 0.15) is 17.1 Å². The Morgan fingerprint density at radius 2 is 2.25 bits per heavy atom. The second-order valence-corrected chi connectivity index (χ2v) is 4.32. The number of amides is 1. The molecule has 84 valence electrons. The summed E-state index contributed by atoms with van der Waals surface area (Å²) >= 11 is 0. The van der Waals surface area contributed by atoms with Crippen LogP contribution in [0.3, 0.4) is 0 Å². The number of carboxylic acid groups (broad SMARTS) is 1. The number of aromatic nitrogens is 1. The molecule has 1 aromatic heterocycles. The number of nitrogens with one attached hydrogen (secondary N) is 2. The van der Waals surface area contributed by atoms with E-state index >= 15 is 0 Å². The third-order valence-electron chi connectivity index (χ3n) is 3.24. The van der Waals surface area contributed by atoms with Gasteiger partial charge in [0, 0.05) is 7.05 Å². The topological polar surface area (TPSA) is 83.4 Å². The molecule has 1 aliphatic carbocycles. The molecular formula is C10H11N3O3. The molecule has 1 fully saturated rings. The van der Waals surface area contributed by atoms with Crippen LogP contribution < -0.4 is 10.6 Å². The minimum Gasteiger partial charge on any atom is -0.477 e. The molecule has 1 aliphatic heterocycles. The molecule has 0 saturated heterocycles. The van der Waals surface area contributed by atoms with E-state index in [2.05, 4.69) is 10.6 Å². The number of hydrogen-bond acceptors (Lipinski definition) is 3. The van der Waals surface area contributed by atoms with Gasteiger partial charge in [-0.2, -0.15) is 0 Å².